The van der Waals surface area contributed by atoms with E-state index in [0.29, 0.717) is 17.3 Å². The Morgan fingerprint density at radius 3 is 2.19 bits per heavy atom. The van der Waals surface area contributed by atoms with E-state index in [9.17, 15) is 13.2 Å². The third-order valence-electron chi connectivity index (χ3n) is 4.98. The van der Waals surface area contributed by atoms with Crippen molar-refractivity contribution in [1.82, 2.24) is 5.32 Å². The molecule has 162 valence electrons. The van der Waals surface area contributed by atoms with E-state index in [0.717, 1.165) is 15.4 Å². The number of carbonyl (C=O) groups excluding carboxylic acids is 1. The van der Waals surface area contributed by atoms with Crippen LogP contribution in [-0.2, 0) is 14.8 Å². The maximum absolute atomic E-state index is 13.3. The van der Waals surface area contributed by atoms with Crippen LogP contribution < -0.4 is 9.62 Å². The Bertz CT molecular complexity index is 1120. The Hall–Kier alpha value is -2.83. The number of nitrogens with one attached hydrogen (secondary N) is 1. The first-order valence-electron chi connectivity index (χ1n) is 9.94. The first-order chi connectivity index (χ1) is 14.8. The molecule has 1 amide bonds. The van der Waals surface area contributed by atoms with Gasteiger partial charge in [-0.25, -0.2) is 8.42 Å². The minimum atomic E-state index is -3.94. The molecule has 0 radical (unpaired) electrons. The van der Waals surface area contributed by atoms with Crippen LogP contribution in [0.15, 0.2) is 83.8 Å². The number of benzene rings is 3. The molecule has 0 fully saturated rings. The van der Waals surface area contributed by atoms with Gasteiger partial charge in [-0.15, -0.1) is 0 Å². The summed E-state index contributed by atoms with van der Waals surface area (Å²) in [5.74, 6) is -0.281. The van der Waals surface area contributed by atoms with Gasteiger partial charge in [0.25, 0.3) is 10.0 Å². The summed E-state index contributed by atoms with van der Waals surface area (Å²) in [4.78, 5) is 12.8. The smallest absolute Gasteiger partial charge is 0.264 e. The van der Waals surface area contributed by atoms with Crippen molar-refractivity contribution in [2.24, 2.45) is 0 Å². The predicted octanol–water partition coefficient (Wildman–Crippen LogP) is 4.76. The number of amides is 1. The molecule has 0 aliphatic heterocycles. The van der Waals surface area contributed by atoms with Gasteiger partial charge in [-0.3, -0.25) is 9.10 Å². The molecule has 31 heavy (non-hydrogen) atoms. The molecule has 3 rings (SSSR count). The molecule has 0 aliphatic rings. The summed E-state index contributed by atoms with van der Waals surface area (Å²) in [7, 11) is -3.94. The highest BCUT2D eigenvalue weighted by molar-refractivity contribution is 7.92. The quantitative estimate of drug-likeness (QED) is 0.531. The molecule has 1 N–H and O–H groups in total. The molecule has 5 nitrogen and oxygen atoms in total. The van der Waals surface area contributed by atoms with Gasteiger partial charge >= 0.3 is 0 Å². The molecule has 7 heteroatoms. The number of carbonyl (C=O) groups is 1. The van der Waals surface area contributed by atoms with E-state index in [2.05, 4.69) is 5.32 Å². The van der Waals surface area contributed by atoms with Gasteiger partial charge in [0.1, 0.15) is 6.54 Å². The van der Waals surface area contributed by atoms with Gasteiger partial charge in [0.15, 0.2) is 0 Å². The first kappa shape index (κ1) is 22.8. The highest BCUT2D eigenvalue weighted by Crippen LogP contribution is 2.25. The lowest BCUT2D eigenvalue weighted by Crippen LogP contribution is -2.41. The number of aryl methyl sites for hydroxylation is 1. The third-order valence-corrected chi connectivity index (χ3v) is 7.02. The summed E-state index contributed by atoms with van der Waals surface area (Å²) in [6.07, 6.45) is 0. The Morgan fingerprint density at radius 1 is 0.968 bits per heavy atom. The number of anilines is 1. The fourth-order valence-electron chi connectivity index (χ4n) is 3.11. The summed E-state index contributed by atoms with van der Waals surface area (Å²) >= 11 is 5.97. The summed E-state index contributed by atoms with van der Waals surface area (Å²) < 4.78 is 27.8. The van der Waals surface area contributed by atoms with E-state index >= 15 is 0 Å². The van der Waals surface area contributed by atoms with E-state index in [1.54, 1.807) is 48.5 Å². The van der Waals surface area contributed by atoms with Crippen LogP contribution in [0.5, 0.6) is 0 Å². The summed E-state index contributed by atoms with van der Waals surface area (Å²) in [6, 6.07) is 22.8. The number of rotatable bonds is 8. The minimum absolute atomic E-state index is 0.0998. The van der Waals surface area contributed by atoms with Crippen LogP contribution in [0.1, 0.15) is 24.0 Å². The topological polar surface area (TPSA) is 66.5 Å². The van der Waals surface area contributed by atoms with Crippen molar-refractivity contribution in [2.75, 3.05) is 17.4 Å². The summed E-state index contributed by atoms with van der Waals surface area (Å²) in [5.41, 5.74) is 2.42. The van der Waals surface area contributed by atoms with E-state index < -0.39 is 10.0 Å². The Balaban J connectivity index is 1.80. The predicted molar refractivity (Wildman–Crippen MR) is 125 cm³/mol. The molecule has 3 aromatic rings. The summed E-state index contributed by atoms with van der Waals surface area (Å²) in [6.45, 7) is 3.96. The molecule has 0 aromatic heterocycles. The van der Waals surface area contributed by atoms with Gasteiger partial charge in [0, 0.05) is 11.6 Å². The highest BCUT2D eigenvalue weighted by atomic mass is 35.5. The second-order valence-electron chi connectivity index (χ2n) is 7.42. The monoisotopic (exact) mass is 456 g/mol. The molecular weight excluding hydrogens is 432 g/mol. The van der Waals surface area contributed by atoms with Crippen molar-refractivity contribution in [3.63, 3.8) is 0 Å². The minimum Gasteiger partial charge on any atom is -0.354 e. The molecule has 0 spiro atoms. The fraction of sp³-hybridized carbons (Fsp3) is 0.208. The van der Waals surface area contributed by atoms with Crippen molar-refractivity contribution in [3.8, 4) is 0 Å². The van der Waals surface area contributed by atoms with Crippen LogP contribution >= 0.6 is 11.6 Å². The van der Waals surface area contributed by atoms with E-state index in [-0.39, 0.29) is 23.3 Å². The van der Waals surface area contributed by atoms with Gasteiger partial charge < -0.3 is 5.32 Å². The van der Waals surface area contributed by atoms with Gasteiger partial charge in [0.05, 0.1) is 10.6 Å². The van der Waals surface area contributed by atoms with Crippen molar-refractivity contribution >= 4 is 33.2 Å². The second kappa shape index (κ2) is 9.98. The SMILES string of the molecule is Cc1ccc(S(=O)(=O)N(CC(=O)NCC(C)c2ccccc2)c2ccc(Cl)cc2)cc1. The number of sulfonamides is 1. The molecule has 0 heterocycles. The number of hydrogen-bond donors (Lipinski definition) is 1. The fourth-order valence-corrected chi connectivity index (χ4v) is 4.66. The largest absolute Gasteiger partial charge is 0.354 e. The molecule has 1 atom stereocenters. The number of nitrogens with zero attached hydrogens (tertiary/aromatic N) is 1. The standard InChI is InChI=1S/C24H25ClN2O3S/c1-18-8-14-23(15-9-18)31(29,30)27(22-12-10-21(25)11-13-22)17-24(28)26-16-19(2)20-6-4-3-5-7-20/h3-15,19H,16-17H2,1-2H3,(H,26,28). The second-order valence-corrected chi connectivity index (χ2v) is 9.72. The van der Waals surface area contributed by atoms with Gasteiger partial charge in [-0.2, -0.15) is 0 Å². The number of halogens is 1. The molecule has 0 saturated carbocycles. The maximum Gasteiger partial charge on any atom is 0.264 e. The third kappa shape index (κ3) is 5.87. The zero-order valence-corrected chi connectivity index (χ0v) is 19.0. The van der Waals surface area contributed by atoms with Crippen LogP contribution in [-0.4, -0.2) is 27.4 Å². The van der Waals surface area contributed by atoms with E-state index in [1.165, 1.54) is 0 Å². The Morgan fingerprint density at radius 2 is 1.58 bits per heavy atom. The first-order valence-corrected chi connectivity index (χ1v) is 11.8. The normalized spacial score (nSPS) is 12.2. The van der Waals surface area contributed by atoms with Gasteiger partial charge in [-0.05, 0) is 54.8 Å². The lowest BCUT2D eigenvalue weighted by molar-refractivity contribution is -0.119. The van der Waals surface area contributed by atoms with Gasteiger partial charge in [0.2, 0.25) is 5.91 Å². The zero-order chi connectivity index (χ0) is 22.4. The van der Waals surface area contributed by atoms with Crippen LogP contribution in [0.2, 0.25) is 5.02 Å². The molecular formula is C24H25ClN2O3S. The van der Waals surface area contributed by atoms with E-state index in [4.69, 9.17) is 11.6 Å². The lowest BCUT2D eigenvalue weighted by atomic mass is 10.0. The maximum atomic E-state index is 13.3. The van der Waals surface area contributed by atoms with E-state index in [1.807, 2.05) is 44.2 Å². The molecule has 3 aromatic carbocycles. The van der Waals surface area contributed by atoms with Gasteiger partial charge in [-0.1, -0.05) is 66.6 Å². The van der Waals surface area contributed by atoms with Crippen molar-refractivity contribution in [2.45, 2.75) is 24.7 Å². The Labute approximate surface area is 188 Å². The molecule has 0 aliphatic carbocycles. The van der Waals surface area contributed by atoms with Crippen molar-refractivity contribution in [3.05, 3.63) is 95.0 Å². The van der Waals surface area contributed by atoms with Crippen LogP contribution in [0.25, 0.3) is 0 Å². The van der Waals surface area contributed by atoms with Crippen LogP contribution in [0, 0.1) is 6.92 Å². The molecule has 0 saturated heterocycles. The number of hydrogen-bond acceptors (Lipinski definition) is 3. The average Bonchev–Trinajstić information content (AvgIpc) is 2.77. The average molecular weight is 457 g/mol. The molecule has 1 unspecified atom stereocenters. The Kier molecular flexibility index (Phi) is 7.36. The zero-order valence-electron chi connectivity index (χ0n) is 17.5. The van der Waals surface area contributed by atoms with Crippen molar-refractivity contribution < 1.29 is 13.2 Å². The highest BCUT2D eigenvalue weighted by Gasteiger charge is 2.27. The lowest BCUT2D eigenvalue weighted by Gasteiger charge is -2.24. The molecule has 0 bridgehead atoms. The summed E-state index contributed by atoms with van der Waals surface area (Å²) in [5, 5.41) is 3.34. The van der Waals surface area contributed by atoms with Crippen LogP contribution in [0.4, 0.5) is 5.69 Å². The van der Waals surface area contributed by atoms with Crippen LogP contribution in [0.3, 0.4) is 0 Å². The van der Waals surface area contributed by atoms with Crippen molar-refractivity contribution in [1.29, 1.82) is 0 Å².